The Labute approximate surface area is 99.2 Å². The van der Waals surface area contributed by atoms with Crippen molar-refractivity contribution in [1.29, 1.82) is 5.26 Å². The fraction of sp³-hybridized carbons (Fsp3) is 0.333. The molecule has 1 aromatic rings. The van der Waals surface area contributed by atoms with Gasteiger partial charge in [-0.25, -0.2) is 4.79 Å². The number of rotatable bonds is 4. The van der Waals surface area contributed by atoms with Gasteiger partial charge in [-0.2, -0.15) is 5.26 Å². The number of nitriles is 1. The number of nitrogens with zero attached hydrogens (tertiary/aromatic N) is 1. The Bertz CT molecular complexity index is 474. The maximum absolute atomic E-state index is 11.0. The van der Waals surface area contributed by atoms with Crippen molar-refractivity contribution in [3.63, 3.8) is 0 Å². The van der Waals surface area contributed by atoms with Crippen LogP contribution in [0.1, 0.15) is 19.4 Å². The molecule has 0 atom stereocenters. The largest absolute Gasteiger partial charge is 0.493 e. The first-order valence-electron chi connectivity index (χ1n) is 4.92. The number of carboxylic acids is 1. The third-order valence-electron chi connectivity index (χ3n) is 2.19. The van der Waals surface area contributed by atoms with Gasteiger partial charge >= 0.3 is 5.97 Å². The minimum Gasteiger partial charge on any atom is -0.493 e. The highest BCUT2D eigenvalue weighted by molar-refractivity contribution is 5.77. The van der Waals surface area contributed by atoms with E-state index in [1.165, 1.54) is 27.0 Å². The Morgan fingerprint density at radius 3 is 2.59 bits per heavy atom. The smallest absolute Gasteiger partial charge is 0.347 e. The number of hydrogen-bond donors (Lipinski definition) is 1. The topological polar surface area (TPSA) is 79.5 Å². The molecular weight excluding hydrogens is 222 g/mol. The summed E-state index contributed by atoms with van der Waals surface area (Å²) in [7, 11) is 1.43. The predicted octanol–water partition coefficient (Wildman–Crippen LogP) is 1.81. The molecule has 1 rings (SSSR count). The lowest BCUT2D eigenvalue weighted by Crippen LogP contribution is -2.38. The van der Waals surface area contributed by atoms with Gasteiger partial charge in [0.25, 0.3) is 0 Å². The number of methoxy groups -OCH3 is 1. The van der Waals surface area contributed by atoms with Crippen molar-refractivity contribution in [2.45, 2.75) is 19.4 Å². The molecule has 0 unspecified atom stereocenters. The molecule has 0 aromatic heterocycles. The second-order valence-corrected chi connectivity index (χ2v) is 3.87. The molecule has 17 heavy (non-hydrogen) atoms. The summed E-state index contributed by atoms with van der Waals surface area (Å²) in [6.07, 6.45) is 0. The number of ether oxygens (including phenoxy) is 2. The molecule has 0 aliphatic heterocycles. The summed E-state index contributed by atoms with van der Waals surface area (Å²) in [5.74, 6) is -0.643. The van der Waals surface area contributed by atoms with Crippen molar-refractivity contribution in [1.82, 2.24) is 0 Å². The van der Waals surface area contributed by atoms with Crippen LogP contribution in [0, 0.1) is 11.3 Å². The normalized spacial score (nSPS) is 10.5. The fourth-order valence-corrected chi connectivity index (χ4v) is 1.17. The lowest BCUT2D eigenvalue weighted by molar-refractivity contribution is -0.152. The first kappa shape index (κ1) is 12.8. The molecular formula is C12H13NO4. The summed E-state index contributed by atoms with van der Waals surface area (Å²) >= 11 is 0. The summed E-state index contributed by atoms with van der Waals surface area (Å²) in [5.41, 5.74) is -1.20. The molecule has 0 amide bonds. The lowest BCUT2D eigenvalue weighted by atomic mass is 10.1. The van der Waals surface area contributed by atoms with Crippen LogP contribution in [-0.4, -0.2) is 23.8 Å². The number of carbonyl (C=O) groups is 1. The maximum Gasteiger partial charge on any atom is 0.347 e. The van der Waals surface area contributed by atoms with E-state index in [0.717, 1.165) is 0 Å². The highest BCUT2D eigenvalue weighted by Crippen LogP contribution is 2.33. The molecule has 0 saturated carbocycles. The van der Waals surface area contributed by atoms with Crippen LogP contribution in [0.3, 0.4) is 0 Å². The van der Waals surface area contributed by atoms with Crippen LogP contribution >= 0.6 is 0 Å². The van der Waals surface area contributed by atoms with Crippen LogP contribution in [-0.2, 0) is 4.79 Å². The van der Waals surface area contributed by atoms with Gasteiger partial charge in [0.15, 0.2) is 17.1 Å². The van der Waals surface area contributed by atoms with E-state index in [0.29, 0.717) is 5.75 Å². The molecule has 1 aromatic carbocycles. The van der Waals surface area contributed by atoms with Gasteiger partial charge in [-0.3, -0.25) is 0 Å². The Morgan fingerprint density at radius 1 is 1.47 bits per heavy atom. The minimum absolute atomic E-state index is 0.143. The zero-order valence-corrected chi connectivity index (χ0v) is 9.85. The van der Waals surface area contributed by atoms with Crippen molar-refractivity contribution in [2.75, 3.05) is 7.11 Å². The first-order valence-corrected chi connectivity index (χ1v) is 4.92. The summed E-state index contributed by atoms with van der Waals surface area (Å²) in [5, 5.41) is 17.9. The molecule has 0 fully saturated rings. The number of hydrogen-bond acceptors (Lipinski definition) is 4. The molecule has 0 saturated heterocycles. The minimum atomic E-state index is -1.43. The van der Waals surface area contributed by atoms with Crippen LogP contribution in [0.2, 0.25) is 0 Å². The average molecular weight is 235 g/mol. The molecule has 0 aliphatic carbocycles. The number of aliphatic carboxylic acids is 1. The van der Waals surface area contributed by atoms with Crippen molar-refractivity contribution in [3.05, 3.63) is 23.8 Å². The van der Waals surface area contributed by atoms with Crippen LogP contribution < -0.4 is 9.47 Å². The van der Waals surface area contributed by atoms with E-state index in [9.17, 15) is 4.79 Å². The summed E-state index contributed by atoms with van der Waals surface area (Å²) in [4.78, 5) is 11.0. The van der Waals surface area contributed by atoms with Gasteiger partial charge < -0.3 is 14.6 Å². The van der Waals surface area contributed by atoms with Gasteiger partial charge in [0.05, 0.1) is 12.7 Å². The predicted molar refractivity (Wildman–Crippen MR) is 60.1 cm³/mol. The van der Waals surface area contributed by atoms with Gasteiger partial charge in [-0.15, -0.1) is 0 Å². The van der Waals surface area contributed by atoms with Gasteiger partial charge in [0.1, 0.15) is 6.07 Å². The van der Waals surface area contributed by atoms with Gasteiger partial charge in [-0.05, 0) is 26.0 Å². The molecule has 5 heteroatoms. The highest BCUT2D eigenvalue weighted by Gasteiger charge is 2.31. The molecule has 0 aliphatic rings. The monoisotopic (exact) mass is 235 g/mol. The standard InChI is InChI=1S/C12H13NO4/c1-12(2,11(14)15)17-10-8(7-13)5-4-6-9(10)16-3/h4-6H,1-3H3,(H,14,15). The average Bonchev–Trinajstić information content (AvgIpc) is 2.28. The van der Waals surface area contributed by atoms with Crippen molar-refractivity contribution < 1.29 is 19.4 Å². The summed E-state index contributed by atoms with van der Waals surface area (Å²) in [6.45, 7) is 2.81. The quantitative estimate of drug-likeness (QED) is 0.860. The number of carboxylic acid groups (broad SMARTS) is 1. The fourth-order valence-electron chi connectivity index (χ4n) is 1.17. The second kappa shape index (κ2) is 4.74. The van der Waals surface area contributed by atoms with E-state index in [1.54, 1.807) is 12.1 Å². The second-order valence-electron chi connectivity index (χ2n) is 3.87. The molecule has 0 bridgehead atoms. The molecule has 90 valence electrons. The Morgan fingerprint density at radius 2 is 2.12 bits per heavy atom. The van der Waals surface area contributed by atoms with E-state index in [2.05, 4.69) is 0 Å². The van der Waals surface area contributed by atoms with E-state index >= 15 is 0 Å². The van der Waals surface area contributed by atoms with E-state index in [-0.39, 0.29) is 11.3 Å². The zero-order valence-electron chi connectivity index (χ0n) is 9.85. The highest BCUT2D eigenvalue weighted by atomic mass is 16.5. The summed E-state index contributed by atoms with van der Waals surface area (Å²) < 4.78 is 10.4. The molecule has 0 spiro atoms. The molecule has 5 nitrogen and oxygen atoms in total. The van der Waals surface area contributed by atoms with Gasteiger partial charge in [0.2, 0.25) is 0 Å². The third kappa shape index (κ3) is 2.67. The summed E-state index contributed by atoms with van der Waals surface area (Å²) in [6, 6.07) is 6.71. The lowest BCUT2D eigenvalue weighted by Gasteiger charge is -2.23. The third-order valence-corrected chi connectivity index (χ3v) is 2.19. The van der Waals surface area contributed by atoms with Crippen LogP contribution in [0.5, 0.6) is 11.5 Å². The van der Waals surface area contributed by atoms with Crippen LogP contribution in [0.15, 0.2) is 18.2 Å². The Kier molecular flexibility index (Phi) is 3.59. The zero-order chi connectivity index (χ0) is 13.1. The number of benzene rings is 1. The SMILES string of the molecule is COc1cccc(C#N)c1OC(C)(C)C(=O)O. The van der Waals surface area contributed by atoms with Crippen molar-refractivity contribution in [3.8, 4) is 17.6 Å². The molecule has 0 heterocycles. The molecule has 0 radical (unpaired) electrons. The van der Waals surface area contributed by atoms with Crippen LogP contribution in [0.4, 0.5) is 0 Å². The van der Waals surface area contributed by atoms with Gasteiger partial charge in [-0.1, -0.05) is 6.07 Å². The number of para-hydroxylation sites is 1. The van der Waals surface area contributed by atoms with E-state index < -0.39 is 11.6 Å². The van der Waals surface area contributed by atoms with E-state index in [4.69, 9.17) is 19.8 Å². The van der Waals surface area contributed by atoms with Crippen molar-refractivity contribution in [2.24, 2.45) is 0 Å². The molecule has 1 N–H and O–H groups in total. The Hall–Kier alpha value is -2.22. The van der Waals surface area contributed by atoms with Crippen LogP contribution in [0.25, 0.3) is 0 Å². The van der Waals surface area contributed by atoms with Crippen molar-refractivity contribution >= 4 is 5.97 Å². The van der Waals surface area contributed by atoms with Gasteiger partial charge in [0, 0.05) is 0 Å². The maximum atomic E-state index is 11.0. The first-order chi connectivity index (χ1) is 7.92. The van der Waals surface area contributed by atoms with E-state index in [1.807, 2.05) is 6.07 Å². The Balaban J connectivity index is 3.22.